The van der Waals surface area contributed by atoms with Crippen LogP contribution in [0.2, 0.25) is 0 Å². The van der Waals surface area contributed by atoms with E-state index in [1.165, 1.54) is 22.5 Å². The molecule has 5 heteroatoms. The summed E-state index contributed by atoms with van der Waals surface area (Å²) in [5.41, 5.74) is 3.44. The Balaban J connectivity index is 1.75. The number of ether oxygens (including phenoxy) is 1. The third kappa shape index (κ3) is 2.28. The van der Waals surface area contributed by atoms with Crippen molar-refractivity contribution in [2.24, 2.45) is 0 Å². The number of rotatable bonds is 4. The minimum absolute atomic E-state index is 0.199. The average molecular weight is 324 g/mol. The molecule has 4 nitrogen and oxygen atoms in total. The van der Waals surface area contributed by atoms with E-state index in [9.17, 15) is 4.79 Å². The normalized spacial score (nSPS) is 16.3. The first-order chi connectivity index (χ1) is 11.3. The molecule has 1 atom stereocenters. The van der Waals surface area contributed by atoms with Crippen molar-refractivity contribution in [3.05, 3.63) is 52.7 Å². The maximum absolute atomic E-state index is 11.4. The lowest BCUT2D eigenvalue weighted by molar-refractivity contribution is 0.112. The summed E-state index contributed by atoms with van der Waals surface area (Å²) in [6.07, 6.45) is 6.48. The van der Waals surface area contributed by atoms with E-state index in [0.717, 1.165) is 45.5 Å². The predicted molar refractivity (Wildman–Crippen MR) is 92.7 cm³/mol. The molecule has 0 amide bonds. The van der Waals surface area contributed by atoms with Gasteiger partial charge in [-0.1, -0.05) is 12.1 Å². The number of nitrogens with one attached hydrogen (secondary N) is 1. The standard InChI is InChI=1S/C18H16N2O2S/c1-22-15-4-2-3-11-12(15)5-6-14(11)20-18-13-7-8-19-9-16(13)23-17(18)10-21/h2-4,7-10,14,20H,5-6H2,1H3. The summed E-state index contributed by atoms with van der Waals surface area (Å²) in [6.45, 7) is 0. The number of hydrogen-bond donors (Lipinski definition) is 1. The topological polar surface area (TPSA) is 51.2 Å². The monoisotopic (exact) mass is 324 g/mol. The van der Waals surface area contributed by atoms with E-state index in [0.29, 0.717) is 0 Å². The highest BCUT2D eigenvalue weighted by Gasteiger charge is 2.26. The molecule has 0 aliphatic heterocycles. The van der Waals surface area contributed by atoms with Crippen molar-refractivity contribution in [2.45, 2.75) is 18.9 Å². The number of anilines is 1. The molecule has 1 N–H and O–H groups in total. The van der Waals surface area contributed by atoms with Crippen LogP contribution in [0, 0.1) is 0 Å². The number of pyridine rings is 1. The van der Waals surface area contributed by atoms with Crippen molar-refractivity contribution in [3.8, 4) is 5.75 Å². The maximum atomic E-state index is 11.4. The number of thiophene rings is 1. The average Bonchev–Trinajstić information content (AvgIpc) is 3.17. The molecule has 1 aromatic carbocycles. The van der Waals surface area contributed by atoms with Gasteiger partial charge in [0.25, 0.3) is 0 Å². The number of methoxy groups -OCH3 is 1. The van der Waals surface area contributed by atoms with Gasteiger partial charge in [-0.2, -0.15) is 0 Å². The van der Waals surface area contributed by atoms with Gasteiger partial charge in [0.1, 0.15) is 5.75 Å². The van der Waals surface area contributed by atoms with Gasteiger partial charge in [0.15, 0.2) is 6.29 Å². The van der Waals surface area contributed by atoms with Crippen LogP contribution in [-0.4, -0.2) is 18.4 Å². The molecule has 0 saturated heterocycles. The SMILES string of the molecule is COc1cccc2c1CCC2Nc1c(C=O)sc2cnccc12. The van der Waals surface area contributed by atoms with Crippen LogP contribution in [0.25, 0.3) is 10.1 Å². The summed E-state index contributed by atoms with van der Waals surface area (Å²) in [4.78, 5) is 16.3. The van der Waals surface area contributed by atoms with E-state index in [1.807, 2.05) is 24.4 Å². The predicted octanol–water partition coefficient (Wildman–Crippen LogP) is 4.22. The second kappa shape index (κ2) is 5.66. The fraction of sp³-hybridized carbons (Fsp3) is 0.222. The number of hydrogen-bond acceptors (Lipinski definition) is 5. The highest BCUT2D eigenvalue weighted by Crippen LogP contribution is 2.42. The second-order valence-corrected chi connectivity index (χ2v) is 6.68. The van der Waals surface area contributed by atoms with Gasteiger partial charge < -0.3 is 10.1 Å². The Morgan fingerprint density at radius 3 is 3.13 bits per heavy atom. The van der Waals surface area contributed by atoms with Crippen molar-refractivity contribution in [1.82, 2.24) is 4.98 Å². The summed E-state index contributed by atoms with van der Waals surface area (Å²) in [5.74, 6) is 0.946. The van der Waals surface area contributed by atoms with Crippen LogP contribution >= 0.6 is 11.3 Å². The third-order valence-corrected chi connectivity index (χ3v) is 5.46. The number of nitrogens with zero attached hydrogens (tertiary/aromatic N) is 1. The Bertz CT molecular complexity index is 888. The molecular formula is C18H16N2O2S. The first-order valence-electron chi connectivity index (χ1n) is 7.56. The van der Waals surface area contributed by atoms with Crippen LogP contribution in [0.5, 0.6) is 5.75 Å². The van der Waals surface area contributed by atoms with Crippen LogP contribution in [0.4, 0.5) is 5.69 Å². The van der Waals surface area contributed by atoms with Gasteiger partial charge in [-0.3, -0.25) is 9.78 Å². The van der Waals surface area contributed by atoms with Gasteiger partial charge in [0.2, 0.25) is 0 Å². The first-order valence-corrected chi connectivity index (χ1v) is 8.37. The Morgan fingerprint density at radius 1 is 1.39 bits per heavy atom. The Labute approximate surface area is 138 Å². The van der Waals surface area contributed by atoms with Gasteiger partial charge in [-0.25, -0.2) is 0 Å². The molecule has 2 heterocycles. The lowest BCUT2D eigenvalue weighted by Gasteiger charge is -2.16. The molecule has 116 valence electrons. The fourth-order valence-corrected chi connectivity index (χ4v) is 4.29. The number of carbonyl (C=O) groups excluding carboxylic acids is 1. The largest absolute Gasteiger partial charge is 0.496 e. The zero-order chi connectivity index (χ0) is 15.8. The minimum atomic E-state index is 0.199. The Kier molecular flexibility index (Phi) is 3.50. The zero-order valence-corrected chi connectivity index (χ0v) is 13.5. The summed E-state index contributed by atoms with van der Waals surface area (Å²) >= 11 is 1.48. The third-order valence-electron chi connectivity index (χ3n) is 4.39. The molecule has 0 spiro atoms. The highest BCUT2D eigenvalue weighted by atomic mass is 32.1. The van der Waals surface area contributed by atoms with Crippen LogP contribution in [0.15, 0.2) is 36.7 Å². The molecule has 3 aromatic rings. The number of benzene rings is 1. The molecule has 2 aromatic heterocycles. The molecule has 1 unspecified atom stereocenters. The lowest BCUT2D eigenvalue weighted by Crippen LogP contribution is -2.08. The van der Waals surface area contributed by atoms with Gasteiger partial charge in [0, 0.05) is 17.8 Å². The molecule has 0 radical (unpaired) electrons. The number of aromatic nitrogens is 1. The summed E-state index contributed by atoms with van der Waals surface area (Å²) in [5, 5.41) is 4.65. The summed E-state index contributed by atoms with van der Waals surface area (Å²) in [6, 6.07) is 8.32. The van der Waals surface area contributed by atoms with E-state index in [-0.39, 0.29) is 6.04 Å². The smallest absolute Gasteiger partial charge is 0.162 e. The van der Waals surface area contributed by atoms with Crippen molar-refractivity contribution in [1.29, 1.82) is 0 Å². The van der Waals surface area contributed by atoms with Gasteiger partial charge in [-0.05, 0) is 36.1 Å². The molecule has 23 heavy (non-hydrogen) atoms. The molecule has 0 bridgehead atoms. The number of fused-ring (bicyclic) bond motifs is 2. The van der Waals surface area contributed by atoms with E-state index < -0.39 is 0 Å². The fourth-order valence-electron chi connectivity index (χ4n) is 3.34. The summed E-state index contributed by atoms with van der Waals surface area (Å²) < 4.78 is 6.49. The zero-order valence-electron chi connectivity index (χ0n) is 12.7. The van der Waals surface area contributed by atoms with E-state index in [2.05, 4.69) is 16.4 Å². The van der Waals surface area contributed by atoms with E-state index in [4.69, 9.17) is 4.74 Å². The van der Waals surface area contributed by atoms with Gasteiger partial charge in [0.05, 0.1) is 28.4 Å². The van der Waals surface area contributed by atoms with Crippen molar-refractivity contribution >= 4 is 33.4 Å². The molecule has 4 rings (SSSR count). The van der Waals surface area contributed by atoms with E-state index in [1.54, 1.807) is 13.3 Å². The van der Waals surface area contributed by atoms with Crippen LogP contribution < -0.4 is 10.1 Å². The van der Waals surface area contributed by atoms with Gasteiger partial charge in [-0.15, -0.1) is 11.3 Å². The Hall–Kier alpha value is -2.40. The lowest BCUT2D eigenvalue weighted by atomic mass is 10.1. The van der Waals surface area contributed by atoms with Crippen molar-refractivity contribution in [2.75, 3.05) is 12.4 Å². The van der Waals surface area contributed by atoms with Gasteiger partial charge >= 0.3 is 0 Å². The molecule has 1 aliphatic carbocycles. The van der Waals surface area contributed by atoms with Crippen molar-refractivity contribution in [3.63, 3.8) is 0 Å². The number of aldehydes is 1. The molecule has 0 saturated carbocycles. The Morgan fingerprint density at radius 2 is 2.30 bits per heavy atom. The first kappa shape index (κ1) is 14.2. The summed E-state index contributed by atoms with van der Waals surface area (Å²) in [7, 11) is 1.71. The number of carbonyl (C=O) groups is 1. The molecular weight excluding hydrogens is 308 g/mol. The van der Waals surface area contributed by atoms with E-state index >= 15 is 0 Å². The van der Waals surface area contributed by atoms with Crippen LogP contribution in [0.3, 0.4) is 0 Å². The van der Waals surface area contributed by atoms with Crippen molar-refractivity contribution < 1.29 is 9.53 Å². The van der Waals surface area contributed by atoms with Crippen LogP contribution in [-0.2, 0) is 6.42 Å². The highest BCUT2D eigenvalue weighted by molar-refractivity contribution is 7.21. The maximum Gasteiger partial charge on any atom is 0.162 e. The quantitative estimate of drug-likeness (QED) is 0.730. The molecule has 0 fully saturated rings. The second-order valence-electron chi connectivity index (χ2n) is 5.59. The minimum Gasteiger partial charge on any atom is -0.496 e. The van der Waals surface area contributed by atoms with Crippen LogP contribution in [0.1, 0.15) is 33.3 Å². The molecule has 1 aliphatic rings.